The van der Waals surface area contributed by atoms with Gasteiger partial charge in [0.05, 0.1) is 7.11 Å². The standard InChI is InChI=1S/C14H12BO4/c1-18-14(17)19-13-8-4-11(5-9-13)15-10-2-6-12(16)7-3-10/h2-9,16H,1H3. The quantitative estimate of drug-likeness (QED) is 0.508. The Bertz CT molecular complexity index is 549. The van der Waals surface area contributed by atoms with E-state index in [-0.39, 0.29) is 5.75 Å². The van der Waals surface area contributed by atoms with E-state index in [4.69, 9.17) is 4.74 Å². The minimum absolute atomic E-state index is 0.235. The summed E-state index contributed by atoms with van der Waals surface area (Å²) in [6.07, 6.45) is -0.740. The lowest BCUT2D eigenvalue weighted by Gasteiger charge is -2.04. The minimum Gasteiger partial charge on any atom is -0.508 e. The van der Waals surface area contributed by atoms with Gasteiger partial charge >= 0.3 is 6.16 Å². The molecule has 0 heterocycles. The highest BCUT2D eigenvalue weighted by Gasteiger charge is 2.04. The maximum absolute atomic E-state index is 10.9. The molecule has 0 saturated heterocycles. The fourth-order valence-corrected chi connectivity index (χ4v) is 1.53. The second kappa shape index (κ2) is 5.95. The van der Waals surface area contributed by atoms with E-state index in [0.29, 0.717) is 5.75 Å². The molecule has 1 N–H and O–H groups in total. The number of phenols is 1. The Labute approximate surface area is 111 Å². The fourth-order valence-electron chi connectivity index (χ4n) is 1.53. The highest BCUT2D eigenvalue weighted by molar-refractivity contribution is 6.67. The predicted molar refractivity (Wildman–Crippen MR) is 72.6 cm³/mol. The van der Waals surface area contributed by atoms with Gasteiger partial charge in [0.2, 0.25) is 0 Å². The fraction of sp³-hybridized carbons (Fsp3) is 0.0714. The molecule has 0 aliphatic heterocycles. The zero-order valence-electron chi connectivity index (χ0n) is 10.4. The van der Waals surface area contributed by atoms with Crippen molar-refractivity contribution in [2.24, 2.45) is 0 Å². The molecule has 0 unspecified atom stereocenters. The average molecular weight is 255 g/mol. The van der Waals surface area contributed by atoms with Crippen LogP contribution in [0.5, 0.6) is 11.5 Å². The Hall–Kier alpha value is -2.43. The number of methoxy groups -OCH3 is 1. The lowest BCUT2D eigenvalue weighted by Crippen LogP contribution is -2.26. The van der Waals surface area contributed by atoms with Crippen LogP contribution in [0.2, 0.25) is 0 Å². The average Bonchev–Trinajstić information content (AvgIpc) is 2.43. The number of phenolic OH excluding ortho intramolecular Hbond substituents is 1. The van der Waals surface area contributed by atoms with Crippen LogP contribution in [0.15, 0.2) is 48.5 Å². The molecule has 5 heteroatoms. The van der Waals surface area contributed by atoms with Gasteiger partial charge in [-0.1, -0.05) is 35.2 Å². The molecule has 1 radical (unpaired) electrons. The first kappa shape index (κ1) is 13.0. The molecule has 0 amide bonds. The second-order valence-electron chi connectivity index (χ2n) is 3.86. The first-order valence-corrected chi connectivity index (χ1v) is 5.67. The molecular weight excluding hydrogens is 243 g/mol. The number of hydrogen-bond donors (Lipinski definition) is 1. The zero-order valence-corrected chi connectivity index (χ0v) is 10.4. The van der Waals surface area contributed by atoms with Gasteiger partial charge in [-0.15, -0.1) is 0 Å². The molecule has 0 fully saturated rings. The summed E-state index contributed by atoms with van der Waals surface area (Å²) in [6.45, 7) is 0. The third-order valence-corrected chi connectivity index (χ3v) is 2.47. The van der Waals surface area contributed by atoms with Gasteiger partial charge in [0.15, 0.2) is 7.28 Å². The van der Waals surface area contributed by atoms with Gasteiger partial charge in [-0.2, -0.15) is 0 Å². The predicted octanol–water partition coefficient (Wildman–Crippen LogP) is 1.19. The van der Waals surface area contributed by atoms with Crippen LogP contribution in [0.4, 0.5) is 4.79 Å². The SMILES string of the molecule is COC(=O)Oc1ccc([B]c2ccc(O)cc2)cc1. The zero-order chi connectivity index (χ0) is 13.7. The van der Waals surface area contributed by atoms with E-state index in [0.717, 1.165) is 10.9 Å². The van der Waals surface area contributed by atoms with Gasteiger partial charge in [0, 0.05) is 0 Å². The normalized spacial score (nSPS) is 9.74. The molecule has 2 rings (SSSR count). The first-order chi connectivity index (χ1) is 9.17. The Morgan fingerprint density at radius 3 is 2.05 bits per heavy atom. The van der Waals surface area contributed by atoms with Crippen molar-refractivity contribution in [1.82, 2.24) is 0 Å². The molecule has 0 saturated carbocycles. The lowest BCUT2D eigenvalue weighted by molar-refractivity contribution is 0.121. The van der Waals surface area contributed by atoms with Crippen LogP contribution in [0, 0.1) is 0 Å². The van der Waals surface area contributed by atoms with E-state index in [1.54, 1.807) is 24.3 Å². The first-order valence-electron chi connectivity index (χ1n) is 5.67. The highest BCUT2D eigenvalue weighted by atomic mass is 16.7. The molecule has 2 aromatic carbocycles. The summed E-state index contributed by atoms with van der Waals surface area (Å²) in [5, 5.41) is 9.19. The summed E-state index contributed by atoms with van der Waals surface area (Å²) >= 11 is 0. The van der Waals surface area contributed by atoms with Crippen molar-refractivity contribution in [2.75, 3.05) is 7.11 Å². The largest absolute Gasteiger partial charge is 0.513 e. The molecule has 0 aliphatic carbocycles. The molecule has 4 nitrogen and oxygen atoms in total. The molecule has 95 valence electrons. The third kappa shape index (κ3) is 3.77. The Morgan fingerprint density at radius 1 is 1.00 bits per heavy atom. The Morgan fingerprint density at radius 2 is 1.53 bits per heavy atom. The third-order valence-electron chi connectivity index (χ3n) is 2.47. The lowest BCUT2D eigenvalue weighted by atomic mass is 9.64. The van der Waals surface area contributed by atoms with Crippen LogP contribution in [-0.2, 0) is 4.74 Å². The van der Waals surface area contributed by atoms with E-state index in [2.05, 4.69) is 4.74 Å². The summed E-state index contributed by atoms with van der Waals surface area (Å²) in [5.74, 6) is 0.661. The van der Waals surface area contributed by atoms with E-state index >= 15 is 0 Å². The van der Waals surface area contributed by atoms with Crippen molar-refractivity contribution in [2.45, 2.75) is 0 Å². The van der Waals surface area contributed by atoms with Crippen LogP contribution >= 0.6 is 0 Å². The molecule has 0 bridgehead atoms. The molecule has 0 atom stereocenters. The summed E-state index contributed by atoms with van der Waals surface area (Å²) in [7, 11) is 3.21. The van der Waals surface area contributed by atoms with Crippen LogP contribution in [0.3, 0.4) is 0 Å². The molecular formula is C14H12BO4. The van der Waals surface area contributed by atoms with Gasteiger partial charge in [-0.25, -0.2) is 4.79 Å². The van der Waals surface area contributed by atoms with Crippen molar-refractivity contribution in [3.63, 3.8) is 0 Å². The van der Waals surface area contributed by atoms with E-state index in [1.807, 2.05) is 31.5 Å². The number of aromatic hydroxyl groups is 1. The molecule has 0 spiro atoms. The number of carbonyl (C=O) groups excluding carboxylic acids is 1. The number of hydrogen-bond acceptors (Lipinski definition) is 4. The van der Waals surface area contributed by atoms with Gasteiger partial charge < -0.3 is 14.6 Å². The van der Waals surface area contributed by atoms with Crippen molar-refractivity contribution >= 4 is 24.4 Å². The molecule has 19 heavy (non-hydrogen) atoms. The maximum atomic E-state index is 10.9. The van der Waals surface area contributed by atoms with Crippen molar-refractivity contribution in [3.05, 3.63) is 48.5 Å². The van der Waals surface area contributed by atoms with Gasteiger partial charge in [-0.3, -0.25) is 0 Å². The topological polar surface area (TPSA) is 55.8 Å². The van der Waals surface area contributed by atoms with Crippen LogP contribution in [0.1, 0.15) is 0 Å². The summed E-state index contributed by atoms with van der Waals surface area (Å²) in [5.41, 5.74) is 1.93. The highest BCUT2D eigenvalue weighted by Crippen LogP contribution is 2.08. The van der Waals surface area contributed by atoms with Crippen molar-refractivity contribution in [1.29, 1.82) is 0 Å². The monoisotopic (exact) mass is 255 g/mol. The van der Waals surface area contributed by atoms with Crippen LogP contribution in [0.25, 0.3) is 0 Å². The molecule has 0 aliphatic rings. The number of carbonyl (C=O) groups is 1. The smallest absolute Gasteiger partial charge is 0.508 e. The number of ether oxygens (including phenoxy) is 2. The maximum Gasteiger partial charge on any atom is 0.513 e. The van der Waals surface area contributed by atoms with Gasteiger partial charge in [-0.05, 0) is 24.3 Å². The Kier molecular flexibility index (Phi) is 4.08. The molecule has 2 aromatic rings. The second-order valence-corrected chi connectivity index (χ2v) is 3.86. The van der Waals surface area contributed by atoms with E-state index in [1.165, 1.54) is 7.11 Å². The number of rotatable bonds is 3. The van der Waals surface area contributed by atoms with E-state index in [9.17, 15) is 9.90 Å². The van der Waals surface area contributed by atoms with Crippen LogP contribution < -0.4 is 15.7 Å². The molecule has 0 aromatic heterocycles. The summed E-state index contributed by atoms with van der Waals surface area (Å²) in [6, 6.07) is 13.9. The van der Waals surface area contributed by atoms with Gasteiger partial charge in [0.25, 0.3) is 0 Å². The van der Waals surface area contributed by atoms with Crippen molar-refractivity contribution < 1.29 is 19.4 Å². The van der Waals surface area contributed by atoms with Crippen molar-refractivity contribution in [3.8, 4) is 11.5 Å². The summed E-state index contributed by atoms with van der Waals surface area (Å²) in [4.78, 5) is 10.9. The summed E-state index contributed by atoms with van der Waals surface area (Å²) < 4.78 is 9.27. The number of benzene rings is 2. The Balaban J connectivity index is 2.02. The van der Waals surface area contributed by atoms with Gasteiger partial charge in [0.1, 0.15) is 11.5 Å². The van der Waals surface area contributed by atoms with Crippen LogP contribution in [-0.4, -0.2) is 25.7 Å². The minimum atomic E-state index is -0.740. The van der Waals surface area contributed by atoms with E-state index < -0.39 is 6.16 Å².